The Hall–Kier alpha value is -1.86. The maximum atomic E-state index is 11.6. The number of hydrogen-bond acceptors (Lipinski definition) is 5. The van der Waals surface area contributed by atoms with Gasteiger partial charge in [-0.3, -0.25) is 0 Å². The molecule has 0 atom stereocenters. The van der Waals surface area contributed by atoms with Crippen molar-refractivity contribution in [1.82, 2.24) is 9.88 Å². The molecule has 0 aliphatic heterocycles. The van der Waals surface area contributed by atoms with Crippen LogP contribution < -0.4 is 10.0 Å². The second kappa shape index (κ2) is 8.01. The van der Waals surface area contributed by atoms with Crippen LogP contribution in [0.3, 0.4) is 0 Å². The molecule has 0 saturated heterocycles. The van der Waals surface area contributed by atoms with Crippen LogP contribution in [0.4, 0.5) is 5.88 Å². The second-order valence-corrected chi connectivity index (χ2v) is 8.60. The van der Waals surface area contributed by atoms with Crippen molar-refractivity contribution in [2.24, 2.45) is 5.92 Å². The number of anilines is 1. The summed E-state index contributed by atoms with van der Waals surface area (Å²) in [5.74, 6) is 1.34. The Labute approximate surface area is 149 Å². The van der Waals surface area contributed by atoms with E-state index in [0.717, 1.165) is 43.5 Å². The molecule has 0 amide bonds. The number of nitrogens with zero attached hydrogens (tertiary/aromatic N) is 1. The molecular formula is C18H25N3O3S. The van der Waals surface area contributed by atoms with Crippen molar-refractivity contribution in [3.63, 3.8) is 0 Å². The number of hydrogen-bond donors (Lipinski definition) is 2. The monoisotopic (exact) mass is 363 g/mol. The molecule has 1 fully saturated rings. The van der Waals surface area contributed by atoms with Gasteiger partial charge in [-0.25, -0.2) is 13.1 Å². The summed E-state index contributed by atoms with van der Waals surface area (Å²) >= 11 is 0. The number of sulfonamides is 1. The smallest absolute Gasteiger partial charge is 0.225 e. The zero-order chi connectivity index (χ0) is 17.7. The van der Waals surface area contributed by atoms with E-state index in [1.54, 1.807) is 6.92 Å². The van der Waals surface area contributed by atoms with Crippen LogP contribution in [0.1, 0.15) is 32.6 Å². The van der Waals surface area contributed by atoms with Crippen LogP contribution in [0, 0.1) is 5.92 Å². The highest BCUT2D eigenvalue weighted by Crippen LogP contribution is 2.26. The molecule has 1 saturated carbocycles. The minimum absolute atomic E-state index is 0.0798. The fraction of sp³-hybridized carbons (Fsp3) is 0.500. The van der Waals surface area contributed by atoms with Gasteiger partial charge in [0.1, 0.15) is 5.69 Å². The molecule has 1 aliphatic carbocycles. The van der Waals surface area contributed by atoms with E-state index < -0.39 is 10.0 Å². The first-order chi connectivity index (χ1) is 12.1. The maximum Gasteiger partial charge on any atom is 0.225 e. The summed E-state index contributed by atoms with van der Waals surface area (Å²) in [6.07, 6.45) is 3.78. The van der Waals surface area contributed by atoms with E-state index in [2.05, 4.69) is 15.2 Å². The van der Waals surface area contributed by atoms with Gasteiger partial charge in [0.25, 0.3) is 0 Å². The van der Waals surface area contributed by atoms with Gasteiger partial charge < -0.3 is 9.84 Å². The molecule has 2 N–H and O–H groups in total. The van der Waals surface area contributed by atoms with Gasteiger partial charge in [-0.15, -0.1) is 0 Å². The van der Waals surface area contributed by atoms with Gasteiger partial charge in [0.05, 0.1) is 5.75 Å². The van der Waals surface area contributed by atoms with E-state index in [9.17, 15) is 8.42 Å². The predicted octanol–water partition coefficient (Wildman–Crippen LogP) is 3.25. The average molecular weight is 363 g/mol. The molecule has 0 bridgehead atoms. The zero-order valence-corrected chi connectivity index (χ0v) is 15.3. The topological polar surface area (TPSA) is 84.2 Å². The molecule has 25 heavy (non-hydrogen) atoms. The third-order valence-corrected chi connectivity index (χ3v) is 6.17. The molecule has 6 nitrogen and oxygen atoms in total. The SMILES string of the molecule is CCS(=O)(=O)N[C@H]1CC[C@H](CNc2cc(-c3ccccc3)no2)CC1. The van der Waals surface area contributed by atoms with Crippen molar-refractivity contribution in [3.05, 3.63) is 36.4 Å². The van der Waals surface area contributed by atoms with Gasteiger partial charge in [0.15, 0.2) is 0 Å². The third-order valence-electron chi connectivity index (χ3n) is 4.72. The van der Waals surface area contributed by atoms with E-state index >= 15 is 0 Å². The van der Waals surface area contributed by atoms with Crippen LogP contribution in [0.25, 0.3) is 11.3 Å². The first-order valence-corrected chi connectivity index (χ1v) is 10.5. The van der Waals surface area contributed by atoms with Gasteiger partial charge in [0, 0.05) is 24.2 Å². The van der Waals surface area contributed by atoms with Crippen LogP contribution in [0.15, 0.2) is 40.9 Å². The van der Waals surface area contributed by atoms with Crippen molar-refractivity contribution in [2.75, 3.05) is 17.6 Å². The highest BCUT2D eigenvalue weighted by atomic mass is 32.2. The van der Waals surface area contributed by atoms with Gasteiger partial charge in [-0.05, 0) is 38.5 Å². The Morgan fingerprint density at radius 2 is 1.88 bits per heavy atom. The van der Waals surface area contributed by atoms with Gasteiger partial charge >= 0.3 is 0 Å². The van der Waals surface area contributed by atoms with Crippen LogP contribution in [0.2, 0.25) is 0 Å². The Morgan fingerprint density at radius 3 is 2.56 bits per heavy atom. The Bertz CT molecular complexity index is 766. The molecule has 1 aromatic heterocycles. The summed E-state index contributed by atoms with van der Waals surface area (Å²) in [7, 11) is -3.10. The number of aromatic nitrogens is 1. The molecule has 0 unspecified atom stereocenters. The molecule has 0 radical (unpaired) electrons. The Morgan fingerprint density at radius 1 is 1.16 bits per heavy atom. The van der Waals surface area contributed by atoms with Crippen LogP contribution >= 0.6 is 0 Å². The standard InChI is InChI=1S/C18H25N3O3S/c1-2-25(22,23)21-16-10-8-14(9-11-16)13-19-18-12-17(20-24-18)15-6-4-3-5-7-15/h3-7,12,14,16,19,21H,2,8-11,13H2,1H3/t14-,16-. The predicted molar refractivity (Wildman–Crippen MR) is 98.8 cm³/mol. The quantitative estimate of drug-likeness (QED) is 0.789. The maximum absolute atomic E-state index is 11.6. The normalized spacial score (nSPS) is 21.2. The second-order valence-electron chi connectivity index (χ2n) is 6.56. The van der Waals surface area contributed by atoms with Crippen molar-refractivity contribution in [3.8, 4) is 11.3 Å². The molecule has 0 spiro atoms. The van der Waals surface area contributed by atoms with E-state index in [1.807, 2.05) is 36.4 Å². The van der Waals surface area contributed by atoms with E-state index in [1.165, 1.54) is 0 Å². The average Bonchev–Trinajstić information content (AvgIpc) is 3.11. The Kier molecular flexibility index (Phi) is 5.75. The summed E-state index contributed by atoms with van der Waals surface area (Å²) in [4.78, 5) is 0. The van der Waals surface area contributed by atoms with Gasteiger partial charge in [-0.1, -0.05) is 35.5 Å². The minimum Gasteiger partial charge on any atom is -0.354 e. The lowest BCUT2D eigenvalue weighted by Gasteiger charge is -2.28. The van der Waals surface area contributed by atoms with Gasteiger partial charge in [-0.2, -0.15) is 0 Å². The van der Waals surface area contributed by atoms with Gasteiger partial charge in [0.2, 0.25) is 15.9 Å². The van der Waals surface area contributed by atoms with Crippen LogP contribution in [-0.4, -0.2) is 31.9 Å². The van der Waals surface area contributed by atoms with Crippen molar-refractivity contribution < 1.29 is 12.9 Å². The lowest BCUT2D eigenvalue weighted by Crippen LogP contribution is -2.39. The summed E-state index contributed by atoms with van der Waals surface area (Å²) in [5, 5.41) is 7.41. The molecule has 1 aromatic carbocycles. The number of benzene rings is 1. The number of nitrogens with one attached hydrogen (secondary N) is 2. The lowest BCUT2D eigenvalue weighted by atomic mass is 9.86. The summed E-state index contributed by atoms with van der Waals surface area (Å²) in [6, 6.07) is 11.9. The third kappa shape index (κ3) is 5.06. The molecule has 1 heterocycles. The number of rotatable bonds is 7. The lowest BCUT2D eigenvalue weighted by molar-refractivity contribution is 0.321. The van der Waals surface area contributed by atoms with Crippen LogP contribution in [0.5, 0.6) is 0 Å². The molecule has 136 valence electrons. The molecular weight excluding hydrogens is 338 g/mol. The Balaban J connectivity index is 1.45. The highest BCUT2D eigenvalue weighted by Gasteiger charge is 2.24. The zero-order valence-electron chi connectivity index (χ0n) is 14.4. The first-order valence-electron chi connectivity index (χ1n) is 8.82. The van der Waals surface area contributed by atoms with Crippen molar-refractivity contribution in [1.29, 1.82) is 0 Å². The van der Waals surface area contributed by atoms with E-state index in [-0.39, 0.29) is 11.8 Å². The van der Waals surface area contributed by atoms with Crippen molar-refractivity contribution >= 4 is 15.9 Å². The van der Waals surface area contributed by atoms with E-state index in [4.69, 9.17) is 4.52 Å². The van der Waals surface area contributed by atoms with Crippen molar-refractivity contribution in [2.45, 2.75) is 38.6 Å². The first kappa shape index (κ1) is 17.9. The minimum atomic E-state index is -3.10. The molecule has 7 heteroatoms. The fourth-order valence-electron chi connectivity index (χ4n) is 3.17. The highest BCUT2D eigenvalue weighted by molar-refractivity contribution is 7.89. The molecule has 1 aliphatic rings. The molecule has 3 rings (SSSR count). The largest absolute Gasteiger partial charge is 0.354 e. The summed E-state index contributed by atoms with van der Waals surface area (Å²) in [5.41, 5.74) is 1.85. The van der Waals surface area contributed by atoms with Crippen LogP contribution in [-0.2, 0) is 10.0 Å². The summed E-state index contributed by atoms with van der Waals surface area (Å²) in [6.45, 7) is 2.48. The summed E-state index contributed by atoms with van der Waals surface area (Å²) < 4.78 is 31.4. The van der Waals surface area contributed by atoms with E-state index in [0.29, 0.717) is 11.8 Å². The fourth-order valence-corrected chi connectivity index (χ4v) is 4.08. The molecule has 2 aromatic rings.